The van der Waals surface area contributed by atoms with E-state index in [-0.39, 0.29) is 0 Å². The van der Waals surface area contributed by atoms with Crippen molar-refractivity contribution in [1.82, 2.24) is 4.72 Å². The molecule has 3 N–H and O–H groups in total. The molecule has 1 aromatic rings. The van der Waals surface area contributed by atoms with E-state index in [9.17, 15) is 8.42 Å². The van der Waals surface area contributed by atoms with Crippen LogP contribution in [0.15, 0.2) is 17.0 Å². The summed E-state index contributed by atoms with van der Waals surface area (Å²) in [6, 6.07) is 3.31. The Hall–Kier alpha value is -1.51. The van der Waals surface area contributed by atoms with Crippen LogP contribution >= 0.6 is 0 Å². The number of nitrogen functional groups attached to an aromatic ring is 1. The predicted octanol–water partition coefficient (Wildman–Crippen LogP) is 1.58. The fourth-order valence-corrected chi connectivity index (χ4v) is 3.40. The molecule has 0 aliphatic carbocycles. The lowest BCUT2D eigenvalue weighted by atomic mass is 10.1. The highest BCUT2D eigenvalue weighted by molar-refractivity contribution is 7.89. The maximum atomic E-state index is 12.1. The van der Waals surface area contributed by atoms with Crippen molar-refractivity contribution in [3.8, 4) is 12.3 Å². The molecule has 0 aromatic heterocycles. The van der Waals surface area contributed by atoms with Gasteiger partial charge in [0.2, 0.25) is 10.0 Å². The van der Waals surface area contributed by atoms with Crippen LogP contribution in [0.3, 0.4) is 0 Å². The molecule has 0 spiro atoms. The van der Waals surface area contributed by atoms with Gasteiger partial charge in [0.25, 0.3) is 0 Å². The Bertz CT molecular complexity index is 548. The number of sulfonamides is 1. The standard InChI is InChI=1S/C13H18N2O2S/c1-4-5-6-7-15-18(16,17)13-10(2)8-12(14)9-11(13)3/h1,8-9,15H,5-7,14H2,2-3H3. The van der Waals surface area contributed by atoms with E-state index in [1.54, 1.807) is 26.0 Å². The van der Waals surface area contributed by atoms with E-state index in [0.29, 0.717) is 41.1 Å². The first-order valence-electron chi connectivity index (χ1n) is 5.68. The van der Waals surface area contributed by atoms with Crippen molar-refractivity contribution in [2.45, 2.75) is 31.6 Å². The maximum Gasteiger partial charge on any atom is 0.241 e. The summed E-state index contributed by atoms with van der Waals surface area (Å²) in [6.07, 6.45) is 6.30. The molecule has 0 aliphatic rings. The highest BCUT2D eigenvalue weighted by Gasteiger charge is 2.19. The van der Waals surface area contributed by atoms with Gasteiger partial charge in [0.05, 0.1) is 4.90 Å². The summed E-state index contributed by atoms with van der Waals surface area (Å²) in [7, 11) is -3.49. The maximum absolute atomic E-state index is 12.1. The average Bonchev–Trinajstić information content (AvgIpc) is 2.22. The lowest BCUT2D eigenvalue weighted by Gasteiger charge is -2.12. The van der Waals surface area contributed by atoms with Gasteiger partial charge in [-0.1, -0.05) is 0 Å². The van der Waals surface area contributed by atoms with Gasteiger partial charge in [-0.2, -0.15) is 0 Å². The molecule has 98 valence electrons. The molecule has 1 aromatic carbocycles. The quantitative estimate of drug-likeness (QED) is 0.483. The summed E-state index contributed by atoms with van der Waals surface area (Å²) in [5.74, 6) is 2.47. The summed E-state index contributed by atoms with van der Waals surface area (Å²) in [5.41, 5.74) is 7.54. The van der Waals surface area contributed by atoms with Crippen molar-refractivity contribution in [1.29, 1.82) is 0 Å². The van der Waals surface area contributed by atoms with Crippen molar-refractivity contribution in [2.75, 3.05) is 12.3 Å². The third-order valence-corrected chi connectivity index (χ3v) is 4.31. The van der Waals surface area contributed by atoms with Gasteiger partial charge in [-0.3, -0.25) is 0 Å². The molecule has 0 fully saturated rings. The van der Waals surface area contributed by atoms with E-state index in [0.717, 1.165) is 0 Å². The van der Waals surface area contributed by atoms with Crippen molar-refractivity contribution in [3.63, 3.8) is 0 Å². The van der Waals surface area contributed by atoms with Crippen molar-refractivity contribution >= 4 is 15.7 Å². The first-order valence-corrected chi connectivity index (χ1v) is 7.16. The Balaban J connectivity index is 2.96. The number of rotatable bonds is 5. The highest BCUT2D eigenvalue weighted by atomic mass is 32.2. The molecule has 0 saturated heterocycles. The number of hydrogen-bond donors (Lipinski definition) is 2. The molecule has 18 heavy (non-hydrogen) atoms. The molecule has 0 saturated carbocycles. The molecule has 0 heterocycles. The Morgan fingerprint density at radius 3 is 2.39 bits per heavy atom. The first-order chi connectivity index (χ1) is 8.38. The van der Waals surface area contributed by atoms with Crippen LogP contribution in [-0.2, 0) is 10.0 Å². The third-order valence-electron chi connectivity index (χ3n) is 2.54. The zero-order chi connectivity index (χ0) is 13.8. The predicted molar refractivity (Wildman–Crippen MR) is 73.6 cm³/mol. The largest absolute Gasteiger partial charge is 0.399 e. The molecule has 0 aliphatic heterocycles. The van der Waals surface area contributed by atoms with Crippen molar-refractivity contribution in [2.24, 2.45) is 0 Å². The van der Waals surface area contributed by atoms with Crippen LogP contribution in [-0.4, -0.2) is 15.0 Å². The second kappa shape index (κ2) is 5.89. The second-order valence-corrected chi connectivity index (χ2v) is 5.89. The minimum Gasteiger partial charge on any atom is -0.399 e. The summed E-state index contributed by atoms with van der Waals surface area (Å²) >= 11 is 0. The van der Waals surface area contributed by atoms with Crippen LogP contribution < -0.4 is 10.5 Å². The smallest absolute Gasteiger partial charge is 0.241 e. The van der Waals surface area contributed by atoms with Crippen LogP contribution in [0, 0.1) is 26.2 Å². The molecule has 0 atom stereocenters. The average molecular weight is 266 g/mol. The topological polar surface area (TPSA) is 72.2 Å². The van der Waals surface area contributed by atoms with Crippen molar-refractivity contribution < 1.29 is 8.42 Å². The van der Waals surface area contributed by atoms with E-state index >= 15 is 0 Å². The van der Waals surface area contributed by atoms with Crippen LogP contribution in [0.1, 0.15) is 24.0 Å². The minimum atomic E-state index is -3.49. The highest BCUT2D eigenvalue weighted by Crippen LogP contribution is 2.22. The number of aryl methyl sites for hydroxylation is 2. The Morgan fingerprint density at radius 2 is 1.89 bits per heavy atom. The fourth-order valence-electron chi connectivity index (χ4n) is 1.88. The van der Waals surface area contributed by atoms with Gasteiger partial charge in [-0.15, -0.1) is 12.3 Å². The minimum absolute atomic E-state index is 0.303. The Labute approximate surface area is 109 Å². The number of nitrogens with one attached hydrogen (secondary N) is 1. The third kappa shape index (κ3) is 3.49. The zero-order valence-electron chi connectivity index (χ0n) is 10.7. The SMILES string of the molecule is C#CCCCNS(=O)(=O)c1c(C)cc(N)cc1C. The van der Waals surface area contributed by atoms with E-state index < -0.39 is 10.0 Å². The lowest BCUT2D eigenvalue weighted by molar-refractivity contribution is 0.578. The number of terminal acetylenes is 1. The van der Waals surface area contributed by atoms with E-state index in [1.165, 1.54) is 0 Å². The number of hydrogen-bond acceptors (Lipinski definition) is 3. The summed E-state index contributed by atoms with van der Waals surface area (Å²) in [5, 5.41) is 0. The molecule has 0 bridgehead atoms. The van der Waals surface area contributed by atoms with Gasteiger partial charge < -0.3 is 5.73 Å². The van der Waals surface area contributed by atoms with Gasteiger partial charge in [-0.25, -0.2) is 13.1 Å². The Kier molecular flexibility index (Phi) is 4.76. The summed E-state index contributed by atoms with van der Waals surface area (Å²) in [4.78, 5) is 0.303. The molecular weight excluding hydrogens is 248 g/mol. The molecule has 0 radical (unpaired) electrons. The molecule has 5 heteroatoms. The number of anilines is 1. The second-order valence-electron chi connectivity index (χ2n) is 4.19. The van der Waals surface area contributed by atoms with Crippen LogP contribution in [0.4, 0.5) is 5.69 Å². The summed E-state index contributed by atoms with van der Waals surface area (Å²) < 4.78 is 26.8. The normalized spacial score (nSPS) is 11.2. The Morgan fingerprint density at radius 1 is 1.33 bits per heavy atom. The summed E-state index contributed by atoms with van der Waals surface area (Å²) in [6.45, 7) is 3.81. The van der Waals surface area contributed by atoms with Gasteiger partial charge in [0, 0.05) is 18.7 Å². The number of benzene rings is 1. The van der Waals surface area contributed by atoms with Gasteiger partial charge in [0.15, 0.2) is 0 Å². The monoisotopic (exact) mass is 266 g/mol. The number of unbranched alkanes of at least 4 members (excludes halogenated alkanes) is 1. The number of nitrogens with two attached hydrogens (primary N) is 1. The molecule has 0 unspecified atom stereocenters. The van der Waals surface area contributed by atoms with Crippen molar-refractivity contribution in [3.05, 3.63) is 23.3 Å². The van der Waals surface area contributed by atoms with E-state index in [4.69, 9.17) is 12.2 Å². The molecular formula is C13H18N2O2S. The molecule has 1 rings (SSSR count). The zero-order valence-corrected chi connectivity index (χ0v) is 11.5. The van der Waals surface area contributed by atoms with E-state index in [1.807, 2.05) is 0 Å². The van der Waals surface area contributed by atoms with Gasteiger partial charge in [-0.05, 0) is 43.5 Å². The molecule has 0 amide bonds. The van der Waals surface area contributed by atoms with Gasteiger partial charge in [0.1, 0.15) is 0 Å². The van der Waals surface area contributed by atoms with Crippen LogP contribution in [0.5, 0.6) is 0 Å². The van der Waals surface area contributed by atoms with Crippen LogP contribution in [0.2, 0.25) is 0 Å². The van der Waals surface area contributed by atoms with Gasteiger partial charge >= 0.3 is 0 Å². The first kappa shape index (κ1) is 14.6. The van der Waals surface area contributed by atoms with E-state index in [2.05, 4.69) is 10.6 Å². The lowest BCUT2D eigenvalue weighted by Crippen LogP contribution is -2.26. The molecule has 4 nitrogen and oxygen atoms in total. The van der Waals surface area contributed by atoms with Crippen LogP contribution in [0.25, 0.3) is 0 Å². The fraction of sp³-hybridized carbons (Fsp3) is 0.385.